The number of hydrogen-bond donors (Lipinski definition) is 0. The number of para-hydroxylation sites is 1. The van der Waals surface area contributed by atoms with Crippen LogP contribution in [0.2, 0.25) is 0 Å². The molecule has 104 valence electrons. The summed E-state index contributed by atoms with van der Waals surface area (Å²) in [6.07, 6.45) is 1.59. The van der Waals surface area contributed by atoms with E-state index in [2.05, 4.69) is 37.9 Å². The Morgan fingerprint density at radius 3 is 2.85 bits per heavy atom. The third kappa shape index (κ3) is 3.86. The fourth-order valence-corrected chi connectivity index (χ4v) is 2.82. The summed E-state index contributed by atoms with van der Waals surface area (Å²) in [5.74, 6) is 0.500. The number of benzene rings is 1. The van der Waals surface area contributed by atoms with E-state index in [1.807, 2.05) is 30.3 Å². The van der Waals surface area contributed by atoms with Crippen LogP contribution in [0.5, 0.6) is 0 Å². The molecular formula is C12H13N5OS2. The summed E-state index contributed by atoms with van der Waals surface area (Å²) in [4.78, 5) is 3.82. The van der Waals surface area contributed by atoms with Crippen molar-refractivity contribution in [3.05, 3.63) is 30.3 Å². The number of thiocarbonyl (C=S) groups is 1. The van der Waals surface area contributed by atoms with Gasteiger partial charge >= 0.3 is 0 Å². The summed E-state index contributed by atoms with van der Waals surface area (Å²) in [5, 5.41) is 14.0. The van der Waals surface area contributed by atoms with Crippen molar-refractivity contribution in [1.82, 2.24) is 20.2 Å². The first-order chi connectivity index (χ1) is 9.83. The summed E-state index contributed by atoms with van der Waals surface area (Å²) in [7, 11) is -1.23. The minimum atomic E-state index is -1.23. The summed E-state index contributed by atoms with van der Waals surface area (Å²) in [5.41, 5.74) is 0.797. The number of aromatic nitrogens is 4. The van der Waals surface area contributed by atoms with Crippen LogP contribution in [0.1, 0.15) is 12.8 Å². The fraction of sp³-hybridized carbons (Fsp3) is 0.333. The predicted molar refractivity (Wildman–Crippen MR) is 79.6 cm³/mol. The maximum Gasteiger partial charge on any atom is 0.244 e. The summed E-state index contributed by atoms with van der Waals surface area (Å²) < 4.78 is 13.7. The second kappa shape index (κ2) is 7.74. The molecule has 2 aromatic rings. The van der Waals surface area contributed by atoms with Gasteiger partial charge in [0, 0.05) is 12.3 Å². The Morgan fingerprint density at radius 2 is 2.10 bits per heavy atom. The van der Waals surface area contributed by atoms with E-state index in [0.717, 1.165) is 18.5 Å². The molecule has 0 spiro atoms. The molecule has 6 nitrogen and oxygen atoms in total. The molecular weight excluding hydrogens is 294 g/mol. The van der Waals surface area contributed by atoms with Crippen molar-refractivity contribution in [3.63, 3.8) is 0 Å². The van der Waals surface area contributed by atoms with Gasteiger partial charge in [-0.15, -0.1) is 0 Å². The molecule has 0 aliphatic heterocycles. The van der Waals surface area contributed by atoms with Crippen LogP contribution in [0.25, 0.3) is 5.69 Å². The van der Waals surface area contributed by atoms with E-state index >= 15 is 0 Å². The van der Waals surface area contributed by atoms with Crippen LogP contribution in [-0.2, 0) is 10.8 Å². The molecule has 0 radical (unpaired) electrons. The molecule has 2 rings (SSSR count). The molecule has 0 amide bonds. The highest BCUT2D eigenvalue weighted by Gasteiger charge is 2.14. The topological polar surface area (TPSA) is 73.0 Å². The minimum Gasteiger partial charge on any atom is -0.251 e. The van der Waals surface area contributed by atoms with E-state index < -0.39 is 10.8 Å². The van der Waals surface area contributed by atoms with Gasteiger partial charge in [0.1, 0.15) is 0 Å². The van der Waals surface area contributed by atoms with E-state index in [1.165, 1.54) is 4.68 Å². The Kier molecular flexibility index (Phi) is 5.67. The lowest BCUT2D eigenvalue weighted by atomic mass is 10.3. The van der Waals surface area contributed by atoms with Gasteiger partial charge in [0.05, 0.1) is 21.6 Å². The Bertz CT molecular complexity index is 622. The highest BCUT2D eigenvalue weighted by atomic mass is 32.2. The third-order valence-corrected chi connectivity index (χ3v) is 4.01. The predicted octanol–water partition coefficient (Wildman–Crippen LogP) is 1.65. The molecule has 0 aliphatic rings. The number of unbranched alkanes of at least 4 members (excludes halogenated alkanes) is 1. The monoisotopic (exact) mass is 307 g/mol. The van der Waals surface area contributed by atoms with E-state index in [-0.39, 0.29) is 0 Å². The number of aliphatic imine (C=N–C) groups is 1. The van der Waals surface area contributed by atoms with Gasteiger partial charge in [-0.1, -0.05) is 23.3 Å². The van der Waals surface area contributed by atoms with Crippen LogP contribution < -0.4 is 0 Å². The van der Waals surface area contributed by atoms with E-state index in [9.17, 15) is 4.21 Å². The van der Waals surface area contributed by atoms with Gasteiger partial charge < -0.3 is 0 Å². The highest BCUT2D eigenvalue weighted by Crippen LogP contribution is 2.11. The van der Waals surface area contributed by atoms with Gasteiger partial charge in [-0.2, -0.15) is 4.68 Å². The van der Waals surface area contributed by atoms with Gasteiger partial charge in [0.25, 0.3) is 0 Å². The molecule has 1 aromatic carbocycles. The minimum absolute atomic E-state index is 0.370. The van der Waals surface area contributed by atoms with Gasteiger partial charge in [0.15, 0.2) is 0 Å². The van der Waals surface area contributed by atoms with Crippen molar-refractivity contribution in [2.75, 3.05) is 12.3 Å². The lowest BCUT2D eigenvalue weighted by Crippen LogP contribution is -2.08. The first-order valence-corrected chi connectivity index (χ1v) is 7.81. The number of hydrogen-bond acceptors (Lipinski definition) is 6. The maximum atomic E-state index is 12.2. The maximum absolute atomic E-state index is 12.2. The molecule has 20 heavy (non-hydrogen) atoms. The Hall–Kier alpha value is -1.76. The molecule has 0 fully saturated rings. The molecule has 8 heteroatoms. The van der Waals surface area contributed by atoms with Crippen LogP contribution in [0.15, 0.2) is 40.5 Å². The molecule has 1 atom stereocenters. The molecule has 0 N–H and O–H groups in total. The average Bonchev–Trinajstić information content (AvgIpc) is 2.97. The van der Waals surface area contributed by atoms with Crippen molar-refractivity contribution < 1.29 is 4.21 Å². The van der Waals surface area contributed by atoms with Gasteiger partial charge in [0.2, 0.25) is 5.16 Å². The van der Waals surface area contributed by atoms with Crippen molar-refractivity contribution in [3.8, 4) is 5.69 Å². The summed E-state index contributed by atoms with van der Waals surface area (Å²) >= 11 is 4.48. The smallest absolute Gasteiger partial charge is 0.244 e. The lowest BCUT2D eigenvalue weighted by molar-refractivity contribution is 0.661. The van der Waals surface area contributed by atoms with Gasteiger partial charge in [-0.25, -0.2) is 4.99 Å². The molecule has 0 aliphatic carbocycles. The van der Waals surface area contributed by atoms with E-state index in [4.69, 9.17) is 0 Å². The second-order valence-corrected chi connectivity index (χ2v) is 5.59. The van der Waals surface area contributed by atoms with Gasteiger partial charge in [-0.3, -0.25) is 4.21 Å². The number of tetrazole rings is 1. The Balaban J connectivity index is 2.01. The molecule has 0 saturated carbocycles. The normalized spacial score (nSPS) is 11.8. The Morgan fingerprint density at radius 1 is 1.30 bits per heavy atom. The van der Waals surface area contributed by atoms with Crippen LogP contribution in [0.3, 0.4) is 0 Å². The third-order valence-electron chi connectivity index (χ3n) is 2.56. The second-order valence-electron chi connectivity index (χ2n) is 3.94. The molecule has 0 saturated heterocycles. The largest absolute Gasteiger partial charge is 0.251 e. The average molecular weight is 307 g/mol. The van der Waals surface area contributed by atoms with E-state index in [0.29, 0.717) is 17.5 Å². The number of nitrogens with zero attached hydrogens (tertiary/aromatic N) is 5. The SMILES string of the molecule is O=S(CCCCN=C=S)c1nnnn1-c1ccccc1. The first-order valence-electron chi connectivity index (χ1n) is 6.08. The van der Waals surface area contributed by atoms with Crippen LogP contribution >= 0.6 is 12.2 Å². The van der Waals surface area contributed by atoms with Crippen molar-refractivity contribution in [2.24, 2.45) is 4.99 Å². The molecule has 0 bridgehead atoms. The van der Waals surface area contributed by atoms with Crippen molar-refractivity contribution >= 4 is 28.2 Å². The van der Waals surface area contributed by atoms with Crippen molar-refractivity contribution in [1.29, 1.82) is 0 Å². The quantitative estimate of drug-likeness (QED) is 0.442. The zero-order valence-electron chi connectivity index (χ0n) is 10.7. The van der Waals surface area contributed by atoms with Crippen LogP contribution in [0, 0.1) is 0 Å². The summed E-state index contributed by atoms with van der Waals surface area (Å²) in [6.45, 7) is 0.615. The van der Waals surface area contributed by atoms with E-state index in [1.54, 1.807) is 0 Å². The first kappa shape index (κ1) is 14.6. The highest BCUT2D eigenvalue weighted by molar-refractivity contribution is 7.84. The molecule has 1 heterocycles. The number of isothiocyanates is 1. The molecule has 1 aromatic heterocycles. The standard InChI is InChI=1S/C12H13N5OS2/c18-20(9-5-4-8-13-10-19)12-14-15-16-17(12)11-6-2-1-3-7-11/h1-3,6-7H,4-5,8-9H2. The van der Waals surface area contributed by atoms with Crippen LogP contribution in [0.4, 0.5) is 0 Å². The van der Waals surface area contributed by atoms with Crippen molar-refractivity contribution in [2.45, 2.75) is 18.0 Å². The zero-order chi connectivity index (χ0) is 14.2. The zero-order valence-corrected chi connectivity index (χ0v) is 12.3. The number of rotatable bonds is 7. The molecule has 1 unspecified atom stereocenters. The fourth-order valence-electron chi connectivity index (χ4n) is 1.61. The van der Waals surface area contributed by atoms with Crippen LogP contribution in [-0.4, -0.2) is 41.9 Å². The Labute approximate surface area is 124 Å². The van der Waals surface area contributed by atoms with Gasteiger partial charge in [-0.05, 0) is 47.6 Å². The summed E-state index contributed by atoms with van der Waals surface area (Å²) in [6, 6.07) is 9.40. The lowest BCUT2D eigenvalue weighted by Gasteiger charge is -2.03.